The van der Waals surface area contributed by atoms with Gasteiger partial charge in [-0.15, -0.1) is 0 Å². The van der Waals surface area contributed by atoms with E-state index in [0.717, 1.165) is 28.6 Å². The summed E-state index contributed by atoms with van der Waals surface area (Å²) in [4.78, 5) is 4.35. The van der Waals surface area contributed by atoms with Crippen LogP contribution in [0.3, 0.4) is 0 Å². The molecule has 1 aliphatic rings. The van der Waals surface area contributed by atoms with Crippen LogP contribution in [0, 0.1) is 0 Å². The van der Waals surface area contributed by atoms with Crippen LogP contribution < -0.4 is 5.32 Å². The maximum Gasteiger partial charge on any atom is 0.159 e. The molecule has 2 aromatic heterocycles. The summed E-state index contributed by atoms with van der Waals surface area (Å²) in [5, 5.41) is 9.12. The van der Waals surface area contributed by atoms with Crippen LogP contribution >= 0.6 is 27.5 Å². The third-order valence-corrected chi connectivity index (χ3v) is 3.86. The zero-order valence-corrected chi connectivity index (χ0v) is 10.1. The number of pyridine rings is 1. The Kier molecular flexibility index (Phi) is 2.19. The SMILES string of the molecule is Clc1c(Br)cnc2c1cnn2C1CNC1. The molecule has 0 spiro atoms. The Bertz CT molecular complexity index is 520. The van der Waals surface area contributed by atoms with Crippen molar-refractivity contribution < 1.29 is 0 Å². The maximum atomic E-state index is 6.15. The average Bonchev–Trinajstić information content (AvgIpc) is 2.54. The largest absolute Gasteiger partial charge is 0.312 e. The van der Waals surface area contributed by atoms with E-state index in [1.807, 2.05) is 4.68 Å². The van der Waals surface area contributed by atoms with Crippen LogP contribution in [0.15, 0.2) is 16.9 Å². The first-order valence-electron chi connectivity index (χ1n) is 4.65. The van der Waals surface area contributed by atoms with Gasteiger partial charge >= 0.3 is 0 Å². The molecule has 0 unspecified atom stereocenters. The van der Waals surface area contributed by atoms with Gasteiger partial charge in [-0.05, 0) is 15.9 Å². The lowest BCUT2D eigenvalue weighted by Gasteiger charge is -2.27. The molecule has 1 fully saturated rings. The fraction of sp³-hybridized carbons (Fsp3) is 0.333. The molecule has 15 heavy (non-hydrogen) atoms. The third-order valence-electron chi connectivity index (χ3n) is 2.62. The smallest absolute Gasteiger partial charge is 0.159 e. The molecular formula is C9H8BrClN4. The van der Waals surface area contributed by atoms with Gasteiger partial charge in [0, 0.05) is 19.3 Å². The molecule has 0 amide bonds. The van der Waals surface area contributed by atoms with Crippen molar-refractivity contribution >= 4 is 38.6 Å². The van der Waals surface area contributed by atoms with Gasteiger partial charge in [0.1, 0.15) is 0 Å². The van der Waals surface area contributed by atoms with Gasteiger partial charge in [0.05, 0.1) is 27.1 Å². The summed E-state index contributed by atoms with van der Waals surface area (Å²) in [5.41, 5.74) is 0.856. The van der Waals surface area contributed by atoms with Crippen molar-refractivity contribution in [2.24, 2.45) is 0 Å². The van der Waals surface area contributed by atoms with Crippen molar-refractivity contribution in [2.45, 2.75) is 6.04 Å². The second-order valence-electron chi connectivity index (χ2n) is 3.56. The van der Waals surface area contributed by atoms with Gasteiger partial charge in [0.25, 0.3) is 0 Å². The quantitative estimate of drug-likeness (QED) is 0.872. The fourth-order valence-corrected chi connectivity index (χ4v) is 2.15. The zero-order valence-electron chi connectivity index (χ0n) is 7.74. The normalized spacial score (nSPS) is 16.9. The predicted octanol–water partition coefficient (Wildman–Crippen LogP) is 1.99. The molecule has 6 heteroatoms. The number of aromatic nitrogens is 3. The topological polar surface area (TPSA) is 42.7 Å². The van der Waals surface area contributed by atoms with E-state index in [0.29, 0.717) is 11.1 Å². The first-order chi connectivity index (χ1) is 7.27. The Labute approximate surface area is 99.7 Å². The lowest BCUT2D eigenvalue weighted by molar-refractivity contribution is 0.325. The minimum Gasteiger partial charge on any atom is -0.312 e. The molecule has 2 aromatic rings. The van der Waals surface area contributed by atoms with E-state index >= 15 is 0 Å². The summed E-state index contributed by atoms with van der Waals surface area (Å²) in [6.07, 6.45) is 3.49. The van der Waals surface area contributed by atoms with E-state index in [9.17, 15) is 0 Å². The van der Waals surface area contributed by atoms with E-state index in [1.165, 1.54) is 0 Å². The minimum absolute atomic E-state index is 0.409. The van der Waals surface area contributed by atoms with Crippen LogP contribution in [0.25, 0.3) is 11.0 Å². The number of hydrogen-bond acceptors (Lipinski definition) is 3. The van der Waals surface area contributed by atoms with E-state index in [2.05, 4.69) is 31.3 Å². The second-order valence-corrected chi connectivity index (χ2v) is 4.79. The molecule has 3 rings (SSSR count). The second kappa shape index (κ2) is 3.43. The monoisotopic (exact) mass is 286 g/mol. The highest BCUT2D eigenvalue weighted by molar-refractivity contribution is 9.10. The standard InChI is InChI=1S/C9H8BrClN4/c10-7-4-13-9-6(8(7)11)3-14-15(9)5-1-12-2-5/h3-5,12H,1-2H2. The summed E-state index contributed by atoms with van der Waals surface area (Å²) >= 11 is 9.50. The minimum atomic E-state index is 0.409. The van der Waals surface area contributed by atoms with Crippen LogP contribution in [0.1, 0.15) is 6.04 Å². The molecule has 0 saturated carbocycles. The fourth-order valence-electron chi connectivity index (χ4n) is 1.66. The van der Waals surface area contributed by atoms with Crippen molar-refractivity contribution in [3.8, 4) is 0 Å². The van der Waals surface area contributed by atoms with Crippen LogP contribution in [0.5, 0.6) is 0 Å². The van der Waals surface area contributed by atoms with Gasteiger partial charge in [-0.1, -0.05) is 11.6 Å². The molecule has 0 aromatic carbocycles. The highest BCUT2D eigenvalue weighted by Gasteiger charge is 2.22. The molecule has 0 bridgehead atoms. The van der Waals surface area contributed by atoms with Gasteiger partial charge < -0.3 is 5.32 Å². The van der Waals surface area contributed by atoms with E-state index in [1.54, 1.807) is 12.4 Å². The molecule has 4 nitrogen and oxygen atoms in total. The Balaban J connectivity index is 2.21. The number of rotatable bonds is 1. The molecular weight excluding hydrogens is 279 g/mol. The highest BCUT2D eigenvalue weighted by Crippen LogP contribution is 2.30. The van der Waals surface area contributed by atoms with Gasteiger partial charge in [-0.25, -0.2) is 9.67 Å². The van der Waals surface area contributed by atoms with Gasteiger partial charge in [-0.2, -0.15) is 5.10 Å². The Morgan fingerprint density at radius 3 is 2.93 bits per heavy atom. The van der Waals surface area contributed by atoms with Crippen molar-refractivity contribution in [3.05, 3.63) is 21.9 Å². The number of halogens is 2. The van der Waals surface area contributed by atoms with Crippen molar-refractivity contribution in [1.82, 2.24) is 20.1 Å². The number of fused-ring (bicyclic) bond motifs is 1. The van der Waals surface area contributed by atoms with Crippen LogP contribution in [-0.4, -0.2) is 27.9 Å². The van der Waals surface area contributed by atoms with E-state index in [4.69, 9.17) is 11.6 Å². The van der Waals surface area contributed by atoms with Crippen molar-refractivity contribution in [3.63, 3.8) is 0 Å². The molecule has 1 saturated heterocycles. The Morgan fingerprint density at radius 2 is 2.27 bits per heavy atom. The third kappa shape index (κ3) is 1.38. The van der Waals surface area contributed by atoms with E-state index in [-0.39, 0.29) is 0 Å². The lowest BCUT2D eigenvalue weighted by Crippen LogP contribution is -2.43. The zero-order chi connectivity index (χ0) is 10.4. The van der Waals surface area contributed by atoms with Crippen molar-refractivity contribution in [1.29, 1.82) is 0 Å². The van der Waals surface area contributed by atoms with Crippen LogP contribution in [-0.2, 0) is 0 Å². The number of nitrogens with one attached hydrogen (secondary N) is 1. The summed E-state index contributed by atoms with van der Waals surface area (Å²) in [5.74, 6) is 0. The summed E-state index contributed by atoms with van der Waals surface area (Å²) in [6.45, 7) is 1.90. The van der Waals surface area contributed by atoms with Crippen LogP contribution in [0.2, 0.25) is 5.02 Å². The molecule has 0 aliphatic carbocycles. The van der Waals surface area contributed by atoms with E-state index < -0.39 is 0 Å². The molecule has 78 valence electrons. The van der Waals surface area contributed by atoms with Gasteiger partial charge in [-0.3, -0.25) is 0 Å². The predicted molar refractivity (Wildman–Crippen MR) is 62.1 cm³/mol. The average molecular weight is 288 g/mol. The Hall–Kier alpha value is -0.650. The highest BCUT2D eigenvalue weighted by atomic mass is 79.9. The lowest BCUT2D eigenvalue weighted by atomic mass is 10.2. The first kappa shape index (κ1) is 9.57. The molecule has 3 heterocycles. The molecule has 0 atom stereocenters. The summed E-state index contributed by atoms with van der Waals surface area (Å²) < 4.78 is 2.74. The molecule has 0 radical (unpaired) electrons. The molecule has 1 aliphatic heterocycles. The number of hydrogen-bond donors (Lipinski definition) is 1. The number of nitrogens with zero attached hydrogens (tertiary/aromatic N) is 3. The summed E-state index contributed by atoms with van der Waals surface area (Å²) in [7, 11) is 0. The molecule has 1 N–H and O–H groups in total. The Morgan fingerprint density at radius 1 is 1.47 bits per heavy atom. The maximum absolute atomic E-state index is 6.15. The van der Waals surface area contributed by atoms with Crippen molar-refractivity contribution in [2.75, 3.05) is 13.1 Å². The van der Waals surface area contributed by atoms with Crippen LogP contribution in [0.4, 0.5) is 0 Å². The summed E-state index contributed by atoms with van der Waals surface area (Å²) in [6, 6.07) is 0.409. The van der Waals surface area contributed by atoms with Gasteiger partial charge in [0.15, 0.2) is 5.65 Å². The first-order valence-corrected chi connectivity index (χ1v) is 5.82. The van der Waals surface area contributed by atoms with Gasteiger partial charge in [0.2, 0.25) is 0 Å².